The Balaban J connectivity index is 1.35. The molecule has 0 bridgehead atoms. The fourth-order valence-electron chi connectivity index (χ4n) is 5.88. The Morgan fingerprint density at radius 3 is 2.55 bits per heavy atom. The smallest absolute Gasteiger partial charge is 0.311 e. The lowest BCUT2D eigenvalue weighted by Gasteiger charge is -2.38. The zero-order valence-electron chi connectivity index (χ0n) is 19.2. The van der Waals surface area contributed by atoms with Gasteiger partial charge in [-0.05, 0) is 61.5 Å². The van der Waals surface area contributed by atoms with E-state index >= 15 is 0 Å². The zero-order chi connectivity index (χ0) is 22.1. The highest BCUT2D eigenvalue weighted by molar-refractivity contribution is 6.30. The van der Waals surface area contributed by atoms with Gasteiger partial charge in [0.2, 0.25) is 0 Å². The topological polar surface area (TPSA) is 26.3 Å². The summed E-state index contributed by atoms with van der Waals surface area (Å²) < 4.78 is 18.8. The van der Waals surface area contributed by atoms with Crippen molar-refractivity contribution < 1.29 is 13.9 Å². The second-order valence-corrected chi connectivity index (χ2v) is 10.4. The van der Waals surface area contributed by atoms with Crippen molar-refractivity contribution >= 4 is 17.6 Å². The van der Waals surface area contributed by atoms with Gasteiger partial charge in [0.25, 0.3) is 0 Å². The molecule has 2 nitrogen and oxygen atoms in total. The second kappa shape index (κ2) is 12.8. The van der Waals surface area contributed by atoms with E-state index < -0.39 is 5.82 Å². The number of ether oxygens (including phenoxy) is 1. The van der Waals surface area contributed by atoms with Crippen LogP contribution >= 0.6 is 11.6 Å². The molecule has 2 aliphatic carbocycles. The number of carbonyl (C=O) groups excluding carboxylic acids is 1. The average Bonchev–Trinajstić information content (AvgIpc) is 2.78. The maximum Gasteiger partial charge on any atom is 0.311 e. The number of hydrogen-bond donors (Lipinski definition) is 0. The van der Waals surface area contributed by atoms with Crippen molar-refractivity contribution in [2.75, 3.05) is 0 Å². The number of benzene rings is 1. The molecule has 0 spiro atoms. The average molecular weight is 451 g/mol. The van der Waals surface area contributed by atoms with Gasteiger partial charge in [0.05, 0.1) is 5.02 Å². The van der Waals surface area contributed by atoms with E-state index in [9.17, 15) is 9.18 Å². The summed E-state index contributed by atoms with van der Waals surface area (Å²) in [6, 6.07) is 4.14. The molecule has 2 fully saturated rings. The normalized spacial score (nSPS) is 26.5. The summed E-state index contributed by atoms with van der Waals surface area (Å²) in [7, 11) is 0. The molecule has 0 aliphatic heterocycles. The Bertz CT molecular complexity index is 684. The molecule has 0 saturated heterocycles. The number of carbonyl (C=O) groups is 1. The third-order valence-corrected chi connectivity index (χ3v) is 8.03. The molecule has 0 radical (unpaired) electrons. The van der Waals surface area contributed by atoms with E-state index in [1.807, 2.05) is 0 Å². The predicted octanol–water partition coefficient (Wildman–Crippen LogP) is 8.75. The molecule has 31 heavy (non-hydrogen) atoms. The number of rotatable bonds is 10. The minimum Gasteiger partial charge on any atom is -0.426 e. The third-order valence-electron chi connectivity index (χ3n) is 7.73. The van der Waals surface area contributed by atoms with E-state index in [0.29, 0.717) is 12.3 Å². The first-order chi connectivity index (χ1) is 15.0. The van der Waals surface area contributed by atoms with Crippen molar-refractivity contribution in [1.29, 1.82) is 0 Å². The molecule has 1 unspecified atom stereocenters. The van der Waals surface area contributed by atoms with Crippen LogP contribution in [0.25, 0.3) is 0 Å². The van der Waals surface area contributed by atoms with Gasteiger partial charge in [-0.3, -0.25) is 4.79 Å². The maximum absolute atomic E-state index is 13.5. The number of esters is 1. The molecule has 0 heterocycles. The lowest BCUT2D eigenvalue weighted by molar-refractivity contribution is -0.134. The van der Waals surface area contributed by atoms with E-state index in [1.54, 1.807) is 6.07 Å². The first-order valence-corrected chi connectivity index (χ1v) is 13.1. The molecular weight excluding hydrogens is 411 g/mol. The van der Waals surface area contributed by atoms with Gasteiger partial charge in [-0.15, -0.1) is 0 Å². The quantitative estimate of drug-likeness (QED) is 0.202. The summed E-state index contributed by atoms with van der Waals surface area (Å²) in [6.45, 7) is 2.28. The molecule has 0 aromatic heterocycles. The van der Waals surface area contributed by atoms with Crippen molar-refractivity contribution in [2.45, 2.75) is 103 Å². The molecule has 174 valence electrons. The van der Waals surface area contributed by atoms with Crippen LogP contribution < -0.4 is 4.74 Å². The lowest BCUT2D eigenvalue weighted by Crippen LogP contribution is -2.27. The van der Waals surface area contributed by atoms with Crippen molar-refractivity contribution in [2.24, 2.45) is 23.7 Å². The predicted molar refractivity (Wildman–Crippen MR) is 126 cm³/mol. The number of unbranched alkanes of at least 4 members (excludes halogenated alkanes) is 3. The first kappa shape index (κ1) is 24.6. The van der Waals surface area contributed by atoms with Crippen molar-refractivity contribution in [3.05, 3.63) is 29.0 Å². The molecule has 0 N–H and O–H groups in total. The Kier molecular flexibility index (Phi) is 10.2. The summed E-state index contributed by atoms with van der Waals surface area (Å²) in [6.07, 6.45) is 19.2. The first-order valence-electron chi connectivity index (χ1n) is 12.7. The fraction of sp³-hybridized carbons (Fsp3) is 0.741. The van der Waals surface area contributed by atoms with Crippen molar-refractivity contribution in [1.82, 2.24) is 0 Å². The van der Waals surface area contributed by atoms with Gasteiger partial charge in [0, 0.05) is 12.5 Å². The van der Waals surface area contributed by atoms with Gasteiger partial charge >= 0.3 is 5.97 Å². The highest BCUT2D eigenvalue weighted by Crippen LogP contribution is 2.43. The molecule has 2 aliphatic rings. The zero-order valence-corrected chi connectivity index (χ0v) is 20.0. The Labute approximate surface area is 193 Å². The van der Waals surface area contributed by atoms with Gasteiger partial charge in [-0.2, -0.15) is 0 Å². The van der Waals surface area contributed by atoms with E-state index in [2.05, 4.69) is 6.92 Å². The SMILES string of the molecule is CCCCCCC1CCC([C@H]2CCCC(CCC(=O)Oc3ccc(Cl)c(F)c3)C2)CC1. The van der Waals surface area contributed by atoms with Crippen LogP contribution in [0.3, 0.4) is 0 Å². The van der Waals surface area contributed by atoms with Crippen LogP contribution in [0.5, 0.6) is 5.75 Å². The highest BCUT2D eigenvalue weighted by atomic mass is 35.5. The molecular formula is C27H40ClFO2. The largest absolute Gasteiger partial charge is 0.426 e. The molecule has 1 aromatic carbocycles. The third kappa shape index (κ3) is 8.08. The van der Waals surface area contributed by atoms with E-state index in [-0.39, 0.29) is 16.7 Å². The minimum absolute atomic E-state index is 0.0403. The fourth-order valence-corrected chi connectivity index (χ4v) is 5.99. The van der Waals surface area contributed by atoms with E-state index in [1.165, 1.54) is 95.6 Å². The Morgan fingerprint density at radius 2 is 1.81 bits per heavy atom. The van der Waals surface area contributed by atoms with Gasteiger partial charge in [-0.25, -0.2) is 4.39 Å². The highest BCUT2D eigenvalue weighted by Gasteiger charge is 2.31. The molecule has 3 rings (SSSR count). The van der Waals surface area contributed by atoms with Gasteiger partial charge < -0.3 is 4.74 Å². The summed E-state index contributed by atoms with van der Waals surface area (Å²) in [4.78, 5) is 12.2. The van der Waals surface area contributed by atoms with Gasteiger partial charge in [-0.1, -0.05) is 82.7 Å². The van der Waals surface area contributed by atoms with Crippen LogP contribution in [0.2, 0.25) is 5.02 Å². The lowest BCUT2D eigenvalue weighted by atomic mass is 9.67. The molecule has 1 aromatic rings. The van der Waals surface area contributed by atoms with Crippen LogP contribution in [0.4, 0.5) is 4.39 Å². The number of hydrogen-bond acceptors (Lipinski definition) is 2. The van der Waals surface area contributed by atoms with Crippen LogP contribution in [-0.2, 0) is 4.79 Å². The molecule has 4 heteroatoms. The van der Waals surface area contributed by atoms with Crippen molar-refractivity contribution in [3.63, 3.8) is 0 Å². The van der Waals surface area contributed by atoms with E-state index in [0.717, 1.165) is 24.2 Å². The summed E-state index contributed by atoms with van der Waals surface area (Å²) in [5.74, 6) is 2.75. The van der Waals surface area contributed by atoms with Crippen LogP contribution in [0, 0.1) is 29.5 Å². The van der Waals surface area contributed by atoms with Crippen molar-refractivity contribution in [3.8, 4) is 5.75 Å². The van der Waals surface area contributed by atoms with Gasteiger partial charge in [0.1, 0.15) is 11.6 Å². The molecule has 0 amide bonds. The van der Waals surface area contributed by atoms with Gasteiger partial charge in [0.15, 0.2) is 0 Å². The standard InChI is InChI=1S/C27H40ClFO2/c1-2-3-4-5-7-20-10-13-22(14-11-20)23-9-6-8-21(18-23)12-17-27(30)31-24-15-16-25(28)26(29)19-24/h15-16,19-23H,2-14,17-18H2,1H3/t20?,21?,22?,23-/m0/s1. The summed E-state index contributed by atoms with van der Waals surface area (Å²) in [5, 5.41) is 0.0403. The molecule has 2 atom stereocenters. The van der Waals surface area contributed by atoms with E-state index in [4.69, 9.17) is 16.3 Å². The number of halogens is 2. The monoisotopic (exact) mass is 450 g/mol. The minimum atomic E-state index is -0.558. The maximum atomic E-state index is 13.5. The van der Waals surface area contributed by atoms with Crippen LogP contribution in [-0.4, -0.2) is 5.97 Å². The van der Waals surface area contributed by atoms with Crippen LogP contribution in [0.15, 0.2) is 18.2 Å². The van der Waals surface area contributed by atoms with Crippen LogP contribution in [0.1, 0.15) is 103 Å². The second-order valence-electron chi connectivity index (χ2n) is 10.0. The Morgan fingerprint density at radius 1 is 1.00 bits per heavy atom. The molecule has 2 saturated carbocycles. The summed E-state index contributed by atoms with van der Waals surface area (Å²) in [5.41, 5.74) is 0. The Hall–Kier alpha value is -1.09. The summed E-state index contributed by atoms with van der Waals surface area (Å²) >= 11 is 5.68.